The lowest BCUT2D eigenvalue weighted by Crippen LogP contribution is -2.44. The zero-order valence-electron chi connectivity index (χ0n) is 17.2. The molecule has 0 bridgehead atoms. The topological polar surface area (TPSA) is 96.0 Å². The minimum absolute atomic E-state index is 0.239. The van der Waals surface area contributed by atoms with E-state index in [1.54, 1.807) is 19.9 Å². The van der Waals surface area contributed by atoms with Crippen LogP contribution in [0, 0.1) is 12.7 Å². The van der Waals surface area contributed by atoms with E-state index in [2.05, 4.69) is 5.32 Å². The van der Waals surface area contributed by atoms with E-state index in [1.165, 1.54) is 44.4 Å². The molecule has 1 amide bonds. The maximum absolute atomic E-state index is 14.3. The van der Waals surface area contributed by atoms with Gasteiger partial charge in [-0.2, -0.15) is 12.7 Å². The second-order valence-electron chi connectivity index (χ2n) is 6.55. The van der Waals surface area contributed by atoms with Crippen molar-refractivity contribution in [1.82, 2.24) is 4.31 Å². The number of amides is 1. The Morgan fingerprint density at radius 1 is 1.13 bits per heavy atom. The predicted molar refractivity (Wildman–Crippen MR) is 112 cm³/mol. The van der Waals surface area contributed by atoms with Gasteiger partial charge in [0, 0.05) is 19.8 Å². The first-order chi connectivity index (χ1) is 14.1. The van der Waals surface area contributed by atoms with E-state index in [9.17, 15) is 22.4 Å². The summed E-state index contributed by atoms with van der Waals surface area (Å²) in [5, 5.41) is 2.60. The molecule has 0 aromatic heterocycles. The van der Waals surface area contributed by atoms with E-state index in [1.807, 2.05) is 0 Å². The van der Waals surface area contributed by atoms with Crippen LogP contribution in [0.5, 0.6) is 0 Å². The van der Waals surface area contributed by atoms with Crippen LogP contribution in [0.4, 0.5) is 15.8 Å². The molecule has 10 heteroatoms. The molecule has 0 unspecified atom stereocenters. The molecule has 0 aliphatic carbocycles. The highest BCUT2D eigenvalue weighted by Gasteiger charge is 2.29. The molecular formula is C20H24FN3O5S. The van der Waals surface area contributed by atoms with Crippen LogP contribution in [0.3, 0.4) is 0 Å². The summed E-state index contributed by atoms with van der Waals surface area (Å²) in [6, 6.07) is 9.87. The zero-order valence-corrected chi connectivity index (χ0v) is 18.0. The van der Waals surface area contributed by atoms with Gasteiger partial charge in [-0.1, -0.05) is 12.1 Å². The number of ether oxygens (including phenoxy) is 1. The van der Waals surface area contributed by atoms with Crippen molar-refractivity contribution in [2.45, 2.75) is 13.8 Å². The lowest BCUT2D eigenvalue weighted by atomic mass is 10.1. The molecule has 0 saturated heterocycles. The van der Waals surface area contributed by atoms with Gasteiger partial charge < -0.3 is 10.1 Å². The Morgan fingerprint density at radius 2 is 1.80 bits per heavy atom. The first-order valence-electron chi connectivity index (χ1n) is 9.10. The standard InChI is InChI=1S/C20H24FN3O5S/c1-5-29-20(26)15-10-11-17(14(2)12-15)22-19(25)13-24(30(27,28)23(3)4)18-9-7-6-8-16(18)21/h6-12H,5,13H2,1-4H3,(H,22,25). The summed E-state index contributed by atoms with van der Waals surface area (Å²) >= 11 is 0. The lowest BCUT2D eigenvalue weighted by molar-refractivity contribution is -0.114. The third kappa shape index (κ3) is 5.33. The smallest absolute Gasteiger partial charge is 0.338 e. The summed E-state index contributed by atoms with van der Waals surface area (Å²) in [4.78, 5) is 24.4. The second kappa shape index (κ2) is 9.68. The summed E-state index contributed by atoms with van der Waals surface area (Å²) < 4.78 is 46.1. The van der Waals surface area contributed by atoms with E-state index in [0.717, 1.165) is 10.4 Å². The number of hydrogen-bond donors (Lipinski definition) is 1. The summed E-state index contributed by atoms with van der Waals surface area (Å²) in [5.74, 6) is -1.93. The fraction of sp³-hybridized carbons (Fsp3) is 0.300. The monoisotopic (exact) mass is 437 g/mol. The minimum atomic E-state index is -4.13. The van der Waals surface area contributed by atoms with Crippen molar-refractivity contribution in [1.29, 1.82) is 0 Å². The Balaban J connectivity index is 2.27. The summed E-state index contributed by atoms with van der Waals surface area (Å²) in [7, 11) is -1.55. The van der Waals surface area contributed by atoms with Crippen LogP contribution in [0.15, 0.2) is 42.5 Å². The van der Waals surface area contributed by atoms with Crippen molar-refractivity contribution in [2.75, 3.05) is 36.9 Å². The van der Waals surface area contributed by atoms with E-state index in [4.69, 9.17) is 4.74 Å². The number of para-hydroxylation sites is 1. The Labute approximate surface area is 175 Å². The molecule has 0 aliphatic rings. The van der Waals surface area contributed by atoms with E-state index < -0.39 is 34.4 Å². The number of carbonyl (C=O) groups excluding carboxylic acids is 2. The van der Waals surface area contributed by atoms with Crippen LogP contribution in [-0.2, 0) is 19.7 Å². The third-order valence-electron chi connectivity index (χ3n) is 4.16. The summed E-state index contributed by atoms with van der Waals surface area (Å²) in [6.45, 7) is 2.98. The molecule has 0 heterocycles. The van der Waals surface area contributed by atoms with Crippen molar-refractivity contribution < 1.29 is 27.1 Å². The maximum atomic E-state index is 14.3. The van der Waals surface area contributed by atoms with Crippen molar-refractivity contribution in [3.05, 3.63) is 59.4 Å². The fourth-order valence-electron chi connectivity index (χ4n) is 2.61. The van der Waals surface area contributed by atoms with Gasteiger partial charge in [-0.15, -0.1) is 0 Å². The predicted octanol–water partition coefficient (Wildman–Crippen LogP) is 2.56. The number of nitrogens with zero attached hydrogens (tertiary/aromatic N) is 2. The SMILES string of the molecule is CCOC(=O)c1ccc(NC(=O)CN(c2ccccc2F)S(=O)(=O)N(C)C)c(C)c1. The fourth-order valence-corrected chi connectivity index (χ4v) is 3.68. The van der Waals surface area contributed by atoms with Crippen molar-refractivity contribution in [2.24, 2.45) is 0 Å². The number of halogens is 1. The van der Waals surface area contributed by atoms with Crippen LogP contribution in [0.2, 0.25) is 0 Å². The molecule has 0 atom stereocenters. The Hall–Kier alpha value is -2.98. The maximum Gasteiger partial charge on any atom is 0.338 e. The molecule has 0 fully saturated rings. The van der Waals surface area contributed by atoms with Crippen LogP contribution < -0.4 is 9.62 Å². The number of nitrogens with one attached hydrogen (secondary N) is 1. The molecule has 0 saturated carbocycles. The summed E-state index contributed by atoms with van der Waals surface area (Å²) in [5.41, 5.74) is 1.07. The highest BCUT2D eigenvalue weighted by atomic mass is 32.2. The van der Waals surface area contributed by atoms with Gasteiger partial charge >= 0.3 is 16.2 Å². The first-order valence-corrected chi connectivity index (χ1v) is 10.5. The average Bonchev–Trinajstić information content (AvgIpc) is 2.68. The van der Waals surface area contributed by atoms with Gasteiger partial charge in [0.15, 0.2) is 0 Å². The molecule has 8 nitrogen and oxygen atoms in total. The van der Waals surface area contributed by atoms with Gasteiger partial charge in [0.05, 0.1) is 17.9 Å². The third-order valence-corrected chi connectivity index (χ3v) is 5.97. The second-order valence-corrected chi connectivity index (χ2v) is 8.61. The average molecular weight is 437 g/mol. The molecule has 0 radical (unpaired) electrons. The summed E-state index contributed by atoms with van der Waals surface area (Å²) in [6.07, 6.45) is 0. The number of rotatable bonds is 8. The highest BCUT2D eigenvalue weighted by molar-refractivity contribution is 7.90. The Bertz CT molecular complexity index is 1040. The van der Waals surface area contributed by atoms with Crippen molar-refractivity contribution >= 4 is 33.5 Å². The normalized spacial score (nSPS) is 11.3. The molecule has 1 N–H and O–H groups in total. The number of carbonyl (C=O) groups is 2. The molecule has 0 aliphatic heterocycles. The van der Waals surface area contributed by atoms with Crippen LogP contribution in [0.25, 0.3) is 0 Å². The molecule has 2 aromatic rings. The Morgan fingerprint density at radius 3 is 2.37 bits per heavy atom. The molecule has 0 spiro atoms. The van der Waals surface area contributed by atoms with Crippen molar-refractivity contribution in [3.8, 4) is 0 Å². The van der Waals surface area contributed by atoms with E-state index in [-0.39, 0.29) is 12.3 Å². The van der Waals surface area contributed by atoms with Gasteiger partial charge in [-0.05, 0) is 49.7 Å². The van der Waals surface area contributed by atoms with Crippen LogP contribution in [-0.4, -0.2) is 51.8 Å². The van der Waals surface area contributed by atoms with Gasteiger partial charge in [0.1, 0.15) is 12.4 Å². The molecule has 30 heavy (non-hydrogen) atoms. The van der Waals surface area contributed by atoms with Gasteiger partial charge in [0.2, 0.25) is 5.91 Å². The Kier molecular flexibility index (Phi) is 7.52. The number of aryl methyl sites for hydroxylation is 1. The highest BCUT2D eigenvalue weighted by Crippen LogP contribution is 2.23. The van der Waals surface area contributed by atoms with E-state index >= 15 is 0 Å². The molecule has 162 valence electrons. The van der Waals surface area contributed by atoms with Crippen LogP contribution in [0.1, 0.15) is 22.8 Å². The minimum Gasteiger partial charge on any atom is -0.462 e. The molecule has 2 rings (SSSR count). The van der Waals surface area contributed by atoms with Crippen molar-refractivity contribution in [3.63, 3.8) is 0 Å². The number of anilines is 2. The van der Waals surface area contributed by atoms with Gasteiger partial charge in [-0.25, -0.2) is 13.5 Å². The number of esters is 1. The lowest BCUT2D eigenvalue weighted by Gasteiger charge is -2.27. The largest absolute Gasteiger partial charge is 0.462 e. The van der Waals surface area contributed by atoms with E-state index in [0.29, 0.717) is 21.1 Å². The number of hydrogen-bond acceptors (Lipinski definition) is 5. The first kappa shape index (κ1) is 23.3. The van der Waals surface area contributed by atoms with Crippen LogP contribution >= 0.6 is 0 Å². The zero-order chi connectivity index (χ0) is 22.5. The quantitative estimate of drug-likeness (QED) is 0.641. The molecular weight excluding hydrogens is 413 g/mol. The molecule has 2 aromatic carbocycles. The van der Waals surface area contributed by atoms with Gasteiger partial charge in [-0.3, -0.25) is 4.79 Å². The van der Waals surface area contributed by atoms with Gasteiger partial charge in [0.25, 0.3) is 0 Å². The number of benzene rings is 2.